The minimum absolute atomic E-state index is 0.127. The summed E-state index contributed by atoms with van der Waals surface area (Å²) in [5, 5.41) is 16.1. The van der Waals surface area contributed by atoms with Gasteiger partial charge >= 0.3 is 0 Å². The van der Waals surface area contributed by atoms with Crippen molar-refractivity contribution in [2.75, 3.05) is 6.61 Å². The van der Waals surface area contributed by atoms with Crippen molar-refractivity contribution in [2.24, 2.45) is 5.41 Å². The minimum atomic E-state index is -4.11. The zero-order chi connectivity index (χ0) is 19.4. The highest BCUT2D eigenvalue weighted by atomic mass is 35.5. The van der Waals surface area contributed by atoms with Crippen molar-refractivity contribution in [3.05, 3.63) is 47.5 Å². The van der Waals surface area contributed by atoms with Crippen LogP contribution in [-0.2, 0) is 17.1 Å². The van der Waals surface area contributed by atoms with Gasteiger partial charge in [-0.1, -0.05) is 37.6 Å². The molecule has 10 heteroatoms. The normalized spacial score (nSPS) is 15.7. The van der Waals surface area contributed by atoms with E-state index in [1.807, 2.05) is 12.1 Å². The molecule has 0 saturated carbocycles. The molecule has 1 aromatic carbocycles. The van der Waals surface area contributed by atoms with Crippen molar-refractivity contribution in [3.63, 3.8) is 0 Å². The first-order valence-corrected chi connectivity index (χ1v) is 9.76. The molecule has 2 aromatic rings. The number of hydrogen-bond donors (Lipinski definition) is 4. The summed E-state index contributed by atoms with van der Waals surface area (Å²) in [4.78, 5) is 3.88. The maximum atomic E-state index is 11.4. The number of aromatic nitrogens is 3. The smallest absolute Gasteiger partial charge is 0.216 e. The average molecular weight is 406 g/mol. The van der Waals surface area contributed by atoms with Crippen LogP contribution in [0.1, 0.15) is 25.8 Å². The average Bonchev–Trinajstić information content (AvgIpc) is 3.04. The molecule has 1 aromatic heterocycles. The van der Waals surface area contributed by atoms with Gasteiger partial charge in [0.15, 0.2) is 0 Å². The van der Waals surface area contributed by atoms with Crippen LogP contribution in [0.5, 0.6) is 0 Å². The van der Waals surface area contributed by atoms with Crippen molar-refractivity contribution in [1.29, 1.82) is 0 Å². The first-order valence-electron chi connectivity index (χ1n) is 7.95. The van der Waals surface area contributed by atoms with Crippen molar-refractivity contribution in [1.82, 2.24) is 14.8 Å². The molecule has 0 aliphatic carbocycles. The Morgan fingerprint density at radius 2 is 1.85 bits per heavy atom. The lowest BCUT2D eigenvalue weighted by Gasteiger charge is -2.43. The van der Waals surface area contributed by atoms with Crippen LogP contribution in [0.15, 0.2) is 36.9 Å². The summed E-state index contributed by atoms with van der Waals surface area (Å²) in [6, 6.07) is 7.32. The monoisotopic (exact) mass is 405 g/mol. The molecule has 0 fully saturated rings. The van der Waals surface area contributed by atoms with Gasteiger partial charge in [-0.15, -0.1) is 0 Å². The molecule has 0 radical (unpaired) electrons. The molecule has 0 bridgehead atoms. The summed E-state index contributed by atoms with van der Waals surface area (Å²) in [5.41, 5.74) is -1.27. The third-order valence-corrected chi connectivity index (χ3v) is 5.15. The molecule has 4 N–H and O–H groups in total. The maximum Gasteiger partial charge on any atom is 0.216 e. The van der Waals surface area contributed by atoms with Crippen molar-refractivity contribution >= 4 is 22.8 Å². The van der Waals surface area contributed by atoms with E-state index in [0.29, 0.717) is 17.9 Å². The predicted octanol–water partition coefficient (Wildman–Crippen LogP) is 3.48. The fraction of sp³-hybridized carbons (Fsp3) is 0.500. The van der Waals surface area contributed by atoms with Gasteiger partial charge in [-0.3, -0.25) is 22.5 Å². The number of hydrogen-bond acceptors (Lipinski definition) is 7. The molecule has 0 saturated heterocycles. The van der Waals surface area contributed by atoms with Gasteiger partial charge < -0.3 is 5.11 Å². The summed E-state index contributed by atoms with van der Waals surface area (Å²) in [7, 11) is 0. The topological polar surface area (TPSA) is 121 Å². The molecule has 0 spiro atoms. The number of aryl methyl sites for hydroxylation is 1. The van der Waals surface area contributed by atoms with Crippen molar-refractivity contribution in [2.45, 2.75) is 38.8 Å². The van der Waals surface area contributed by atoms with Crippen molar-refractivity contribution < 1.29 is 22.9 Å². The maximum absolute atomic E-state index is 11.4. The van der Waals surface area contributed by atoms with Crippen LogP contribution >= 0.6 is 22.8 Å². The second-order valence-corrected chi connectivity index (χ2v) is 8.47. The summed E-state index contributed by atoms with van der Waals surface area (Å²) in [6.45, 7) is 3.30. The highest BCUT2D eigenvalue weighted by Gasteiger charge is 2.45. The van der Waals surface area contributed by atoms with E-state index in [-0.39, 0.29) is 13.2 Å². The molecule has 1 unspecified atom stereocenters. The van der Waals surface area contributed by atoms with Crippen molar-refractivity contribution in [3.8, 4) is 0 Å². The van der Waals surface area contributed by atoms with Gasteiger partial charge in [0.1, 0.15) is 12.7 Å². The number of halogens is 1. The molecular formula is C16H24ClN3O5S. The van der Waals surface area contributed by atoms with E-state index in [2.05, 4.69) is 10.1 Å². The molecule has 0 amide bonds. The molecule has 2 rings (SSSR count). The van der Waals surface area contributed by atoms with Crippen LogP contribution in [0.2, 0.25) is 5.02 Å². The SMILES string of the molecule is CC(C)(COS(O)(O)O)C(O)(CCc1ccc(Cl)cc1)Cn1cncn1. The predicted molar refractivity (Wildman–Crippen MR) is 100.0 cm³/mol. The Morgan fingerprint density at radius 3 is 2.38 bits per heavy atom. The third-order valence-electron chi connectivity index (χ3n) is 4.47. The van der Waals surface area contributed by atoms with Gasteiger partial charge in [0.05, 0.1) is 18.8 Å². The van der Waals surface area contributed by atoms with E-state index in [1.54, 1.807) is 26.0 Å². The quantitative estimate of drug-likeness (QED) is 0.503. The highest BCUT2D eigenvalue weighted by Crippen LogP contribution is 2.42. The fourth-order valence-corrected chi connectivity index (χ4v) is 3.16. The third kappa shape index (κ3) is 5.92. The van der Waals surface area contributed by atoms with E-state index >= 15 is 0 Å². The molecule has 146 valence electrons. The van der Waals surface area contributed by atoms with Crippen LogP contribution in [0, 0.1) is 5.41 Å². The number of aliphatic hydroxyl groups is 1. The lowest BCUT2D eigenvalue weighted by molar-refractivity contribution is -0.106. The van der Waals surface area contributed by atoms with Gasteiger partial charge in [0.2, 0.25) is 11.2 Å². The summed E-state index contributed by atoms with van der Waals surface area (Å²) in [5.74, 6) is 0. The highest BCUT2D eigenvalue weighted by molar-refractivity contribution is 8.15. The summed E-state index contributed by atoms with van der Waals surface area (Å²) >= 11 is 1.79. The summed E-state index contributed by atoms with van der Waals surface area (Å²) < 4.78 is 33.5. The number of rotatable bonds is 9. The molecular weight excluding hydrogens is 382 g/mol. The Hall–Kier alpha value is -1.20. The van der Waals surface area contributed by atoms with Gasteiger partial charge in [0, 0.05) is 10.4 Å². The lowest BCUT2D eigenvalue weighted by Crippen LogP contribution is -2.51. The largest absolute Gasteiger partial charge is 0.387 e. The Kier molecular flexibility index (Phi) is 6.67. The molecule has 0 aliphatic rings. The minimum Gasteiger partial charge on any atom is -0.387 e. The van der Waals surface area contributed by atoms with E-state index in [1.165, 1.54) is 17.3 Å². The Morgan fingerprint density at radius 1 is 1.19 bits per heavy atom. The second-order valence-electron chi connectivity index (χ2n) is 6.87. The van der Waals surface area contributed by atoms with Crippen LogP contribution in [-0.4, -0.2) is 45.7 Å². The number of nitrogens with zero attached hydrogens (tertiary/aromatic N) is 3. The van der Waals surface area contributed by atoms with E-state index in [9.17, 15) is 5.11 Å². The fourth-order valence-electron chi connectivity index (χ4n) is 2.58. The van der Waals surface area contributed by atoms with Crippen LogP contribution in [0.3, 0.4) is 0 Å². The lowest BCUT2D eigenvalue weighted by atomic mass is 9.72. The summed E-state index contributed by atoms with van der Waals surface area (Å²) in [6.07, 6.45) is 3.76. The van der Waals surface area contributed by atoms with Gasteiger partial charge in [-0.05, 0) is 30.5 Å². The van der Waals surface area contributed by atoms with E-state index in [0.717, 1.165) is 5.56 Å². The van der Waals surface area contributed by atoms with Gasteiger partial charge in [0.25, 0.3) is 0 Å². The standard InChI is InChI=1S/C16H24ClN3O5S/c1-15(2,10-25-26(22,23)24)16(21,9-20-12-18-11-19-20)8-7-13-3-5-14(17)6-4-13/h3-6,11-12,21-24H,7-10H2,1-2H3. The molecule has 1 heterocycles. The van der Waals surface area contributed by atoms with Gasteiger partial charge in [-0.25, -0.2) is 4.98 Å². The number of benzene rings is 1. The van der Waals surface area contributed by atoms with Crippen LogP contribution < -0.4 is 0 Å². The van der Waals surface area contributed by atoms with Crippen LogP contribution in [0.25, 0.3) is 0 Å². The van der Waals surface area contributed by atoms with Crippen LogP contribution in [0.4, 0.5) is 0 Å². The van der Waals surface area contributed by atoms with E-state index < -0.39 is 22.2 Å². The van der Waals surface area contributed by atoms with Gasteiger partial charge in [-0.2, -0.15) is 5.10 Å². The molecule has 1 atom stereocenters. The Labute approximate surface area is 159 Å². The van der Waals surface area contributed by atoms with E-state index in [4.69, 9.17) is 29.4 Å². The zero-order valence-electron chi connectivity index (χ0n) is 14.6. The first-order chi connectivity index (χ1) is 12.0. The molecule has 26 heavy (non-hydrogen) atoms. The second kappa shape index (κ2) is 8.22. The zero-order valence-corrected chi connectivity index (χ0v) is 16.2. The molecule has 8 nitrogen and oxygen atoms in total. The Bertz CT molecular complexity index is 691. The Balaban J connectivity index is 2.18. The molecule has 0 aliphatic heterocycles. The first kappa shape index (κ1) is 21.1.